The number of benzene rings is 1. The number of nitrogens with zero attached hydrogens (tertiary/aromatic N) is 1. The lowest BCUT2D eigenvalue weighted by Gasteiger charge is -2.25. The van der Waals surface area contributed by atoms with Crippen LogP contribution in [-0.2, 0) is 9.59 Å². The van der Waals surface area contributed by atoms with Gasteiger partial charge in [-0.3, -0.25) is 9.59 Å². The lowest BCUT2D eigenvalue weighted by Crippen LogP contribution is -2.48. The van der Waals surface area contributed by atoms with E-state index in [9.17, 15) is 9.59 Å². The molecule has 0 aliphatic carbocycles. The SMILES string of the molecule is CCCCCN1CCCCC(NC(=O)CSc2ccccc2)C1=O. The number of unbranched alkanes of at least 4 members (excludes halogenated alkanes) is 2. The Bertz CT molecular complexity index is 521. The van der Waals surface area contributed by atoms with Crippen molar-refractivity contribution in [2.45, 2.75) is 56.4 Å². The first-order valence-corrected chi connectivity index (χ1v) is 9.95. The highest BCUT2D eigenvalue weighted by atomic mass is 32.2. The average Bonchev–Trinajstić information content (AvgIpc) is 2.77. The lowest BCUT2D eigenvalue weighted by molar-refractivity contribution is -0.135. The van der Waals surface area contributed by atoms with Crippen LogP contribution in [0.1, 0.15) is 45.4 Å². The van der Waals surface area contributed by atoms with Crippen LogP contribution in [0.3, 0.4) is 0 Å². The number of thioether (sulfide) groups is 1. The maximum atomic E-state index is 12.7. The van der Waals surface area contributed by atoms with Gasteiger partial charge in [0.05, 0.1) is 5.75 Å². The van der Waals surface area contributed by atoms with E-state index < -0.39 is 0 Å². The van der Waals surface area contributed by atoms with Gasteiger partial charge in [-0.05, 0) is 37.8 Å². The quantitative estimate of drug-likeness (QED) is 0.578. The van der Waals surface area contributed by atoms with Gasteiger partial charge in [0.2, 0.25) is 11.8 Å². The zero-order chi connectivity index (χ0) is 17.2. The van der Waals surface area contributed by atoms with E-state index in [1.807, 2.05) is 35.2 Å². The second-order valence-corrected chi connectivity index (χ2v) is 7.30. The Labute approximate surface area is 149 Å². The van der Waals surface area contributed by atoms with E-state index in [-0.39, 0.29) is 17.9 Å². The summed E-state index contributed by atoms with van der Waals surface area (Å²) in [5.41, 5.74) is 0. The molecule has 4 nitrogen and oxygen atoms in total. The van der Waals surface area contributed by atoms with E-state index in [0.29, 0.717) is 5.75 Å². The summed E-state index contributed by atoms with van der Waals surface area (Å²) in [6, 6.07) is 9.51. The summed E-state index contributed by atoms with van der Waals surface area (Å²) in [7, 11) is 0. The number of rotatable bonds is 8. The molecule has 132 valence electrons. The van der Waals surface area contributed by atoms with Crippen molar-refractivity contribution in [3.63, 3.8) is 0 Å². The molecule has 1 unspecified atom stereocenters. The third-order valence-electron chi connectivity index (χ3n) is 4.26. The molecule has 1 heterocycles. The average molecular weight is 349 g/mol. The molecule has 1 saturated heterocycles. The van der Waals surface area contributed by atoms with Crippen molar-refractivity contribution in [2.75, 3.05) is 18.8 Å². The van der Waals surface area contributed by atoms with E-state index in [2.05, 4.69) is 12.2 Å². The molecule has 1 fully saturated rings. The van der Waals surface area contributed by atoms with Crippen molar-refractivity contribution < 1.29 is 9.59 Å². The molecule has 5 heteroatoms. The number of hydrogen-bond acceptors (Lipinski definition) is 3. The van der Waals surface area contributed by atoms with Crippen molar-refractivity contribution in [3.8, 4) is 0 Å². The van der Waals surface area contributed by atoms with E-state index in [0.717, 1.165) is 56.5 Å². The Morgan fingerprint density at radius 1 is 1.25 bits per heavy atom. The second kappa shape index (κ2) is 10.4. The predicted octanol–water partition coefficient (Wildman–Crippen LogP) is 3.47. The molecule has 0 bridgehead atoms. The molecule has 24 heavy (non-hydrogen) atoms. The number of nitrogens with one attached hydrogen (secondary N) is 1. The Balaban J connectivity index is 1.82. The molecule has 2 amide bonds. The van der Waals surface area contributed by atoms with Gasteiger partial charge in [-0.2, -0.15) is 0 Å². The number of carbonyl (C=O) groups excluding carboxylic acids is 2. The highest BCUT2D eigenvalue weighted by Gasteiger charge is 2.27. The van der Waals surface area contributed by atoms with Crippen LogP contribution in [0.2, 0.25) is 0 Å². The monoisotopic (exact) mass is 348 g/mol. The molecule has 1 aromatic carbocycles. The molecule has 0 radical (unpaired) electrons. The van der Waals surface area contributed by atoms with Gasteiger partial charge in [-0.1, -0.05) is 38.0 Å². The number of hydrogen-bond donors (Lipinski definition) is 1. The smallest absolute Gasteiger partial charge is 0.245 e. The van der Waals surface area contributed by atoms with Gasteiger partial charge in [0.1, 0.15) is 6.04 Å². The summed E-state index contributed by atoms with van der Waals surface area (Å²) in [4.78, 5) is 27.9. The predicted molar refractivity (Wildman–Crippen MR) is 99.1 cm³/mol. The van der Waals surface area contributed by atoms with Crippen molar-refractivity contribution >= 4 is 23.6 Å². The van der Waals surface area contributed by atoms with Gasteiger partial charge in [-0.15, -0.1) is 11.8 Å². The first-order chi connectivity index (χ1) is 11.7. The van der Waals surface area contributed by atoms with Gasteiger partial charge in [0.25, 0.3) is 0 Å². The van der Waals surface area contributed by atoms with E-state index in [1.165, 1.54) is 11.8 Å². The third-order valence-corrected chi connectivity index (χ3v) is 5.27. The fraction of sp³-hybridized carbons (Fsp3) is 0.579. The fourth-order valence-electron chi connectivity index (χ4n) is 2.92. The summed E-state index contributed by atoms with van der Waals surface area (Å²) >= 11 is 1.50. The fourth-order valence-corrected chi connectivity index (χ4v) is 3.65. The molecular weight excluding hydrogens is 320 g/mol. The highest BCUT2D eigenvalue weighted by Crippen LogP contribution is 2.17. The topological polar surface area (TPSA) is 49.4 Å². The van der Waals surface area contributed by atoms with Crippen molar-refractivity contribution in [3.05, 3.63) is 30.3 Å². The Kier molecular flexibility index (Phi) is 8.16. The molecule has 1 N–H and O–H groups in total. The van der Waals surface area contributed by atoms with Crippen molar-refractivity contribution in [1.29, 1.82) is 0 Å². The summed E-state index contributed by atoms with van der Waals surface area (Å²) in [5.74, 6) is 0.392. The minimum Gasteiger partial charge on any atom is -0.344 e. The van der Waals surface area contributed by atoms with Crippen LogP contribution >= 0.6 is 11.8 Å². The molecule has 1 aliphatic rings. The van der Waals surface area contributed by atoms with Gasteiger partial charge in [0, 0.05) is 18.0 Å². The zero-order valence-corrected chi connectivity index (χ0v) is 15.3. The molecule has 2 rings (SSSR count). The van der Waals surface area contributed by atoms with Gasteiger partial charge in [0.15, 0.2) is 0 Å². The summed E-state index contributed by atoms with van der Waals surface area (Å²) in [6.45, 7) is 3.81. The third kappa shape index (κ3) is 6.19. The lowest BCUT2D eigenvalue weighted by atomic mass is 10.1. The van der Waals surface area contributed by atoms with Crippen LogP contribution in [0.25, 0.3) is 0 Å². The van der Waals surface area contributed by atoms with Crippen LogP contribution in [0.15, 0.2) is 35.2 Å². The summed E-state index contributed by atoms with van der Waals surface area (Å²) in [6.07, 6.45) is 6.13. The van der Waals surface area contributed by atoms with Crippen LogP contribution < -0.4 is 5.32 Å². The molecule has 1 atom stereocenters. The Hall–Kier alpha value is -1.49. The van der Waals surface area contributed by atoms with E-state index >= 15 is 0 Å². The minimum absolute atomic E-state index is 0.0578. The Morgan fingerprint density at radius 2 is 2.04 bits per heavy atom. The van der Waals surface area contributed by atoms with Crippen LogP contribution in [0.5, 0.6) is 0 Å². The molecule has 0 saturated carbocycles. The zero-order valence-electron chi connectivity index (χ0n) is 14.5. The van der Waals surface area contributed by atoms with Crippen molar-refractivity contribution in [1.82, 2.24) is 10.2 Å². The molecule has 0 spiro atoms. The van der Waals surface area contributed by atoms with Crippen LogP contribution in [0, 0.1) is 0 Å². The van der Waals surface area contributed by atoms with E-state index in [1.54, 1.807) is 0 Å². The molecule has 0 aromatic heterocycles. The number of carbonyl (C=O) groups is 2. The highest BCUT2D eigenvalue weighted by molar-refractivity contribution is 8.00. The second-order valence-electron chi connectivity index (χ2n) is 6.25. The minimum atomic E-state index is -0.349. The number of likely N-dealkylation sites (tertiary alicyclic amines) is 1. The molecule has 1 aliphatic heterocycles. The first-order valence-electron chi connectivity index (χ1n) is 8.96. The summed E-state index contributed by atoms with van der Waals surface area (Å²) < 4.78 is 0. The maximum Gasteiger partial charge on any atom is 0.245 e. The van der Waals surface area contributed by atoms with Crippen LogP contribution in [-0.4, -0.2) is 41.6 Å². The molecular formula is C19H28N2O2S. The maximum absolute atomic E-state index is 12.7. The van der Waals surface area contributed by atoms with Gasteiger partial charge < -0.3 is 10.2 Å². The summed E-state index contributed by atoms with van der Waals surface area (Å²) in [5, 5.41) is 2.95. The molecule has 1 aromatic rings. The number of amides is 2. The normalized spacial score (nSPS) is 18.3. The first kappa shape index (κ1) is 18.8. The van der Waals surface area contributed by atoms with Gasteiger partial charge >= 0.3 is 0 Å². The largest absolute Gasteiger partial charge is 0.344 e. The van der Waals surface area contributed by atoms with Gasteiger partial charge in [-0.25, -0.2) is 0 Å². The Morgan fingerprint density at radius 3 is 2.79 bits per heavy atom. The van der Waals surface area contributed by atoms with Crippen molar-refractivity contribution in [2.24, 2.45) is 0 Å². The standard InChI is InChI=1S/C19H28N2O2S/c1-2-3-8-13-21-14-9-7-12-17(19(21)23)20-18(22)15-24-16-10-5-4-6-11-16/h4-6,10-11,17H,2-3,7-9,12-15H2,1H3,(H,20,22). The van der Waals surface area contributed by atoms with Crippen LogP contribution in [0.4, 0.5) is 0 Å². The van der Waals surface area contributed by atoms with E-state index in [4.69, 9.17) is 0 Å².